The maximum absolute atomic E-state index is 12.1. The number of non-ortho nitro benzene ring substituents is 1. The third-order valence-electron chi connectivity index (χ3n) is 3.55. The molecule has 2 N–H and O–H groups in total. The van der Waals surface area contributed by atoms with Crippen molar-refractivity contribution in [2.75, 3.05) is 11.1 Å². The highest BCUT2D eigenvalue weighted by atomic mass is 32.2. The van der Waals surface area contributed by atoms with E-state index in [-0.39, 0.29) is 17.3 Å². The van der Waals surface area contributed by atoms with Crippen molar-refractivity contribution in [2.45, 2.75) is 12.1 Å². The van der Waals surface area contributed by atoms with Gasteiger partial charge >= 0.3 is 0 Å². The van der Waals surface area contributed by atoms with Crippen molar-refractivity contribution in [1.29, 1.82) is 0 Å². The van der Waals surface area contributed by atoms with Crippen LogP contribution in [0.3, 0.4) is 0 Å². The molecule has 132 valence electrons. The van der Waals surface area contributed by atoms with Crippen LogP contribution >= 0.6 is 11.8 Å². The van der Waals surface area contributed by atoms with Crippen molar-refractivity contribution >= 4 is 29.0 Å². The molecule has 0 saturated carbocycles. The van der Waals surface area contributed by atoms with Gasteiger partial charge in [0.1, 0.15) is 0 Å². The summed E-state index contributed by atoms with van der Waals surface area (Å²) in [5.74, 6) is 0.432. The number of hydrogen-bond donors (Lipinski definition) is 2. The number of carbonyl (C=O) groups excluding carboxylic acids is 1. The number of aryl methyl sites for hydroxylation is 1. The molecule has 0 aliphatic rings. The lowest BCUT2D eigenvalue weighted by molar-refractivity contribution is -0.384. The molecule has 9 heteroatoms. The van der Waals surface area contributed by atoms with E-state index in [9.17, 15) is 14.9 Å². The number of aromatic amines is 1. The van der Waals surface area contributed by atoms with Gasteiger partial charge in [-0.2, -0.15) is 0 Å². The number of rotatable bonds is 6. The standard InChI is InChI=1S/C17H15N5O3S/c1-11-7-8-13(22(24)25)9-14(11)18-15(23)10-26-17-19-16(20-21-17)12-5-3-2-4-6-12/h2-9H,10H2,1H3,(H,18,23)(H,19,20,21). The van der Waals surface area contributed by atoms with Crippen LogP contribution in [-0.2, 0) is 4.79 Å². The summed E-state index contributed by atoms with van der Waals surface area (Å²) in [5, 5.41) is 20.9. The number of amides is 1. The van der Waals surface area contributed by atoms with E-state index >= 15 is 0 Å². The van der Waals surface area contributed by atoms with Gasteiger partial charge in [-0.05, 0) is 12.5 Å². The monoisotopic (exact) mass is 369 g/mol. The summed E-state index contributed by atoms with van der Waals surface area (Å²) < 4.78 is 0. The summed E-state index contributed by atoms with van der Waals surface area (Å²) in [6.07, 6.45) is 0. The first-order chi connectivity index (χ1) is 12.5. The average Bonchev–Trinajstić information content (AvgIpc) is 3.11. The van der Waals surface area contributed by atoms with Gasteiger partial charge in [0, 0.05) is 17.7 Å². The predicted molar refractivity (Wildman–Crippen MR) is 99.0 cm³/mol. The Hall–Kier alpha value is -3.20. The average molecular weight is 369 g/mol. The molecule has 8 nitrogen and oxygen atoms in total. The maximum atomic E-state index is 12.1. The zero-order chi connectivity index (χ0) is 18.5. The molecular formula is C17H15N5O3S. The summed E-state index contributed by atoms with van der Waals surface area (Å²) in [4.78, 5) is 26.8. The molecule has 1 amide bonds. The molecule has 1 heterocycles. The van der Waals surface area contributed by atoms with Gasteiger partial charge in [0.15, 0.2) is 5.82 Å². The fourth-order valence-electron chi connectivity index (χ4n) is 2.21. The molecule has 2 aromatic carbocycles. The Morgan fingerprint density at radius 1 is 1.27 bits per heavy atom. The van der Waals surface area contributed by atoms with Crippen LogP contribution in [0.5, 0.6) is 0 Å². The van der Waals surface area contributed by atoms with E-state index in [0.29, 0.717) is 16.7 Å². The second-order valence-corrected chi connectivity index (χ2v) is 6.37. The number of aromatic nitrogens is 3. The quantitative estimate of drug-likeness (QED) is 0.391. The minimum Gasteiger partial charge on any atom is -0.325 e. The first-order valence-corrected chi connectivity index (χ1v) is 8.67. The topological polar surface area (TPSA) is 114 Å². The van der Waals surface area contributed by atoms with E-state index in [4.69, 9.17) is 0 Å². The minimum atomic E-state index is -0.497. The number of benzene rings is 2. The van der Waals surface area contributed by atoms with Gasteiger partial charge in [-0.1, -0.05) is 48.2 Å². The Bertz CT molecular complexity index is 943. The minimum absolute atomic E-state index is 0.0694. The molecule has 3 aromatic rings. The lowest BCUT2D eigenvalue weighted by atomic mass is 10.2. The fourth-order valence-corrected chi connectivity index (χ4v) is 2.81. The Balaban J connectivity index is 1.61. The largest absolute Gasteiger partial charge is 0.325 e. The number of nitrogens with zero attached hydrogens (tertiary/aromatic N) is 3. The van der Waals surface area contributed by atoms with E-state index in [1.165, 1.54) is 23.9 Å². The Morgan fingerprint density at radius 3 is 2.77 bits per heavy atom. The highest BCUT2D eigenvalue weighted by molar-refractivity contribution is 7.99. The zero-order valence-corrected chi connectivity index (χ0v) is 14.6. The van der Waals surface area contributed by atoms with Crippen LogP contribution < -0.4 is 5.32 Å². The Kier molecular flexibility index (Phi) is 5.28. The van der Waals surface area contributed by atoms with Crippen LogP contribution in [0.4, 0.5) is 11.4 Å². The van der Waals surface area contributed by atoms with Crippen LogP contribution in [0.15, 0.2) is 53.7 Å². The van der Waals surface area contributed by atoms with Crippen molar-refractivity contribution in [3.63, 3.8) is 0 Å². The molecule has 1 aromatic heterocycles. The van der Waals surface area contributed by atoms with Crippen LogP contribution in [0.1, 0.15) is 5.56 Å². The molecule has 0 saturated heterocycles. The third-order valence-corrected chi connectivity index (χ3v) is 4.40. The molecule has 0 bridgehead atoms. The van der Waals surface area contributed by atoms with Crippen molar-refractivity contribution in [3.8, 4) is 11.4 Å². The molecule has 0 spiro atoms. The summed E-state index contributed by atoms with van der Waals surface area (Å²) >= 11 is 1.18. The summed E-state index contributed by atoms with van der Waals surface area (Å²) in [6, 6.07) is 13.9. The molecule has 0 aliphatic heterocycles. The van der Waals surface area contributed by atoms with Gasteiger partial charge in [0.25, 0.3) is 5.69 Å². The molecule has 0 atom stereocenters. The second-order valence-electron chi connectivity index (χ2n) is 5.43. The predicted octanol–water partition coefficient (Wildman–Crippen LogP) is 3.42. The third kappa shape index (κ3) is 4.25. The first kappa shape index (κ1) is 17.6. The molecule has 26 heavy (non-hydrogen) atoms. The lowest BCUT2D eigenvalue weighted by Gasteiger charge is -2.07. The SMILES string of the molecule is Cc1ccc([N+](=O)[O-])cc1NC(=O)CSc1n[nH]c(-c2ccccc2)n1. The van der Waals surface area contributed by atoms with Gasteiger partial charge in [0.05, 0.1) is 16.4 Å². The van der Waals surface area contributed by atoms with Crippen LogP contribution in [0.2, 0.25) is 0 Å². The summed E-state index contributed by atoms with van der Waals surface area (Å²) in [6.45, 7) is 1.77. The van der Waals surface area contributed by atoms with Crippen LogP contribution in [0, 0.1) is 17.0 Å². The maximum Gasteiger partial charge on any atom is 0.271 e. The number of carbonyl (C=O) groups is 1. The van der Waals surface area contributed by atoms with Crippen molar-refractivity contribution in [1.82, 2.24) is 15.2 Å². The zero-order valence-electron chi connectivity index (χ0n) is 13.8. The van der Waals surface area contributed by atoms with E-state index in [1.54, 1.807) is 13.0 Å². The normalized spacial score (nSPS) is 10.5. The second kappa shape index (κ2) is 7.79. The Labute approximate surface area is 153 Å². The highest BCUT2D eigenvalue weighted by Crippen LogP contribution is 2.23. The van der Waals surface area contributed by atoms with Crippen molar-refractivity contribution in [3.05, 3.63) is 64.2 Å². The van der Waals surface area contributed by atoms with Gasteiger partial charge in [-0.3, -0.25) is 20.0 Å². The molecule has 3 rings (SSSR count). The van der Waals surface area contributed by atoms with Crippen LogP contribution in [-0.4, -0.2) is 31.8 Å². The summed E-state index contributed by atoms with van der Waals surface area (Å²) in [7, 11) is 0. The van der Waals surface area contributed by atoms with Crippen molar-refractivity contribution in [2.24, 2.45) is 0 Å². The molecule has 0 fully saturated rings. The highest BCUT2D eigenvalue weighted by Gasteiger charge is 2.13. The number of nitro groups is 1. The number of nitrogens with one attached hydrogen (secondary N) is 2. The number of H-pyrrole nitrogens is 1. The number of thioether (sulfide) groups is 1. The van der Waals surface area contributed by atoms with Gasteiger partial charge in [-0.15, -0.1) is 5.10 Å². The van der Waals surface area contributed by atoms with E-state index < -0.39 is 4.92 Å². The van der Waals surface area contributed by atoms with Crippen molar-refractivity contribution < 1.29 is 9.72 Å². The molecular weight excluding hydrogens is 354 g/mol. The van der Waals surface area contributed by atoms with Gasteiger partial charge in [-0.25, -0.2) is 4.98 Å². The number of nitro benzene ring substituents is 1. The molecule has 0 radical (unpaired) electrons. The smallest absolute Gasteiger partial charge is 0.271 e. The first-order valence-electron chi connectivity index (χ1n) is 7.68. The lowest BCUT2D eigenvalue weighted by Crippen LogP contribution is -2.15. The summed E-state index contributed by atoms with van der Waals surface area (Å²) in [5.41, 5.74) is 2.01. The fraction of sp³-hybridized carbons (Fsp3) is 0.118. The van der Waals surface area contributed by atoms with Crippen LogP contribution in [0.25, 0.3) is 11.4 Å². The molecule has 0 unspecified atom stereocenters. The van der Waals surface area contributed by atoms with E-state index in [0.717, 1.165) is 11.1 Å². The van der Waals surface area contributed by atoms with E-state index in [2.05, 4.69) is 20.5 Å². The number of anilines is 1. The number of hydrogen-bond acceptors (Lipinski definition) is 6. The Morgan fingerprint density at radius 2 is 2.04 bits per heavy atom. The molecule has 0 aliphatic carbocycles. The van der Waals surface area contributed by atoms with Gasteiger partial charge in [0.2, 0.25) is 11.1 Å². The van der Waals surface area contributed by atoms with E-state index in [1.807, 2.05) is 30.3 Å². The van der Waals surface area contributed by atoms with Gasteiger partial charge < -0.3 is 5.32 Å².